The number of hydrazone groups is 1. The second-order valence-corrected chi connectivity index (χ2v) is 11.1. The number of nitrogens with one attached hydrogen (secondary N) is 1. The molecule has 5 N–H and O–H groups in total. The summed E-state index contributed by atoms with van der Waals surface area (Å²) in [4.78, 5) is 15.4. The molecule has 3 aromatic carbocycles. The van der Waals surface area contributed by atoms with E-state index in [4.69, 9.17) is 16.3 Å². The van der Waals surface area contributed by atoms with Crippen molar-refractivity contribution in [1.82, 2.24) is 9.62 Å². The van der Waals surface area contributed by atoms with Gasteiger partial charge in [-0.2, -0.15) is 9.82 Å². The van der Waals surface area contributed by atoms with Crippen molar-refractivity contribution in [3.05, 3.63) is 71.8 Å². The Morgan fingerprint density at radius 2 is 1.73 bits per heavy atom. The number of amidine groups is 1. The van der Waals surface area contributed by atoms with Gasteiger partial charge in [-0.25, -0.2) is 8.42 Å². The van der Waals surface area contributed by atoms with E-state index in [-0.39, 0.29) is 29.1 Å². The predicted molar refractivity (Wildman–Crippen MR) is 145 cm³/mol. The van der Waals surface area contributed by atoms with E-state index in [0.29, 0.717) is 11.3 Å². The van der Waals surface area contributed by atoms with Crippen molar-refractivity contribution in [1.29, 1.82) is 0 Å². The topological polar surface area (TPSA) is 140 Å². The van der Waals surface area contributed by atoms with E-state index in [1.807, 2.05) is 12.1 Å². The number of carbonyl (C=O) groups is 1. The molecule has 1 saturated carbocycles. The lowest BCUT2D eigenvalue weighted by molar-refractivity contribution is -0.133. The molecule has 1 aliphatic carbocycles. The fourth-order valence-corrected chi connectivity index (χ4v) is 5.99. The SMILES string of the molecule is COc1ccc2cc(S(=O)(=O)N[C@@H](Cc3ccc(/C(N)=N/N)cc3)C(=O)N(C)C3CCCC3)ccc2c1. The van der Waals surface area contributed by atoms with Crippen molar-refractivity contribution in [3.8, 4) is 5.75 Å². The first-order chi connectivity index (χ1) is 17.7. The van der Waals surface area contributed by atoms with Crippen LogP contribution >= 0.6 is 0 Å². The van der Waals surface area contributed by atoms with Gasteiger partial charge in [0.15, 0.2) is 0 Å². The third kappa shape index (κ3) is 6.03. The van der Waals surface area contributed by atoms with Gasteiger partial charge in [-0.3, -0.25) is 4.79 Å². The van der Waals surface area contributed by atoms with Gasteiger partial charge in [0.25, 0.3) is 0 Å². The van der Waals surface area contributed by atoms with Crippen LogP contribution in [0.15, 0.2) is 70.7 Å². The smallest absolute Gasteiger partial charge is 0.241 e. The summed E-state index contributed by atoms with van der Waals surface area (Å²) in [5, 5.41) is 5.10. The number of amides is 1. The van der Waals surface area contributed by atoms with Crippen molar-refractivity contribution < 1.29 is 17.9 Å². The molecule has 0 radical (unpaired) electrons. The zero-order valence-corrected chi connectivity index (χ0v) is 21.9. The van der Waals surface area contributed by atoms with Gasteiger partial charge in [-0.1, -0.05) is 49.2 Å². The molecule has 1 aliphatic rings. The van der Waals surface area contributed by atoms with Crippen LogP contribution in [-0.2, 0) is 21.2 Å². The minimum absolute atomic E-state index is 0.0914. The van der Waals surface area contributed by atoms with E-state index in [1.54, 1.807) is 61.5 Å². The van der Waals surface area contributed by atoms with E-state index in [2.05, 4.69) is 9.82 Å². The Balaban J connectivity index is 1.62. The van der Waals surface area contributed by atoms with Crippen molar-refractivity contribution in [2.75, 3.05) is 14.2 Å². The average Bonchev–Trinajstić information content (AvgIpc) is 3.46. The minimum atomic E-state index is -4.00. The van der Waals surface area contributed by atoms with Crippen LogP contribution in [0, 0.1) is 0 Å². The molecule has 0 saturated heterocycles. The van der Waals surface area contributed by atoms with Crippen LogP contribution in [0.2, 0.25) is 0 Å². The van der Waals surface area contributed by atoms with Crippen molar-refractivity contribution in [2.45, 2.75) is 49.1 Å². The Kier molecular flexibility index (Phi) is 7.99. The van der Waals surface area contributed by atoms with Crippen molar-refractivity contribution in [3.63, 3.8) is 0 Å². The van der Waals surface area contributed by atoms with Gasteiger partial charge in [-0.05, 0) is 59.9 Å². The molecule has 3 aromatic rings. The monoisotopic (exact) mass is 523 g/mol. The van der Waals surface area contributed by atoms with E-state index >= 15 is 0 Å². The summed E-state index contributed by atoms with van der Waals surface area (Å²) in [6.45, 7) is 0. The van der Waals surface area contributed by atoms with Crippen molar-refractivity contribution >= 4 is 32.5 Å². The second kappa shape index (κ2) is 11.2. The maximum Gasteiger partial charge on any atom is 0.241 e. The highest BCUT2D eigenvalue weighted by molar-refractivity contribution is 7.89. The zero-order valence-electron chi connectivity index (χ0n) is 21.1. The Morgan fingerprint density at radius 3 is 2.38 bits per heavy atom. The summed E-state index contributed by atoms with van der Waals surface area (Å²) in [6, 6.07) is 16.5. The number of carbonyl (C=O) groups excluding carboxylic acids is 1. The minimum Gasteiger partial charge on any atom is -0.497 e. The van der Waals surface area contributed by atoms with Gasteiger partial charge in [0.05, 0.1) is 12.0 Å². The van der Waals surface area contributed by atoms with Crippen LogP contribution in [0.25, 0.3) is 10.8 Å². The molecule has 0 aromatic heterocycles. The number of hydrogen-bond donors (Lipinski definition) is 3. The molecular weight excluding hydrogens is 490 g/mol. The summed E-state index contributed by atoms with van der Waals surface area (Å²) in [5.74, 6) is 5.88. The molecule has 1 amide bonds. The number of hydrogen-bond acceptors (Lipinski definition) is 6. The van der Waals surface area contributed by atoms with E-state index in [0.717, 1.165) is 42.0 Å². The van der Waals surface area contributed by atoms with Gasteiger partial charge in [0, 0.05) is 18.7 Å². The molecular formula is C27H33N5O4S. The first-order valence-corrected chi connectivity index (χ1v) is 13.7. The van der Waals surface area contributed by atoms with E-state index < -0.39 is 16.1 Å². The molecule has 10 heteroatoms. The van der Waals surface area contributed by atoms with Crippen molar-refractivity contribution in [2.24, 2.45) is 16.7 Å². The Morgan fingerprint density at radius 1 is 1.08 bits per heavy atom. The number of fused-ring (bicyclic) bond motifs is 1. The molecule has 0 aliphatic heterocycles. The lowest BCUT2D eigenvalue weighted by Crippen LogP contribution is -2.50. The molecule has 4 rings (SSSR count). The normalized spacial score (nSPS) is 15.6. The van der Waals surface area contributed by atoms with E-state index in [1.165, 1.54) is 6.07 Å². The van der Waals surface area contributed by atoms with Crippen LogP contribution in [0.1, 0.15) is 36.8 Å². The number of ether oxygens (including phenoxy) is 1. The zero-order chi connectivity index (χ0) is 26.6. The Hall–Kier alpha value is -3.63. The summed E-state index contributed by atoms with van der Waals surface area (Å²) in [5.41, 5.74) is 7.19. The quantitative estimate of drug-likeness (QED) is 0.171. The third-order valence-corrected chi connectivity index (χ3v) is 8.44. The first kappa shape index (κ1) is 26.4. The maximum absolute atomic E-state index is 13.6. The average molecular weight is 524 g/mol. The van der Waals surface area contributed by atoms with E-state index in [9.17, 15) is 13.2 Å². The maximum atomic E-state index is 13.6. The molecule has 0 bridgehead atoms. The number of rotatable bonds is 9. The number of sulfonamides is 1. The third-order valence-electron chi connectivity index (χ3n) is 6.97. The lowest BCUT2D eigenvalue weighted by Gasteiger charge is -2.29. The van der Waals surface area contributed by atoms with Gasteiger partial charge in [-0.15, -0.1) is 0 Å². The first-order valence-electron chi connectivity index (χ1n) is 12.2. The van der Waals surface area contributed by atoms with Crippen LogP contribution in [0.4, 0.5) is 0 Å². The largest absolute Gasteiger partial charge is 0.497 e. The number of methoxy groups -OCH3 is 1. The standard InChI is InChI=1S/C27H33N5O4S/c1-32(22-5-3-4-6-22)27(33)25(15-18-7-9-19(10-8-18)26(28)30-29)31-37(34,35)24-14-12-20-16-23(36-2)13-11-21(20)17-24/h7-14,16-17,22,25,31H,3-6,15,29H2,1-2H3,(H2,28,30)/t25-/m0/s1. The lowest BCUT2D eigenvalue weighted by atomic mass is 10.0. The molecule has 1 fully saturated rings. The number of nitrogens with zero attached hydrogens (tertiary/aromatic N) is 2. The van der Waals surface area contributed by atoms with Gasteiger partial charge < -0.3 is 21.2 Å². The molecule has 196 valence electrons. The molecule has 0 spiro atoms. The number of benzene rings is 3. The fraction of sp³-hybridized carbons (Fsp3) is 0.333. The second-order valence-electron chi connectivity index (χ2n) is 9.35. The molecule has 0 unspecified atom stereocenters. The molecule has 9 nitrogen and oxygen atoms in total. The van der Waals surface area contributed by atoms with Gasteiger partial charge in [0.1, 0.15) is 17.6 Å². The highest BCUT2D eigenvalue weighted by atomic mass is 32.2. The highest BCUT2D eigenvalue weighted by Crippen LogP contribution is 2.26. The molecule has 1 atom stereocenters. The summed E-state index contributed by atoms with van der Waals surface area (Å²) in [6.07, 6.45) is 4.14. The summed E-state index contributed by atoms with van der Waals surface area (Å²) < 4.78 is 34.9. The number of likely N-dealkylation sites (N-methyl/N-ethyl adjacent to an activating group) is 1. The molecule has 37 heavy (non-hydrogen) atoms. The van der Waals surface area contributed by atoms with Gasteiger partial charge >= 0.3 is 0 Å². The predicted octanol–water partition coefficient (Wildman–Crippen LogP) is 2.72. The van der Waals surface area contributed by atoms with Crippen LogP contribution in [-0.4, -0.2) is 51.3 Å². The van der Waals surface area contributed by atoms with Gasteiger partial charge in [0.2, 0.25) is 15.9 Å². The Labute approximate surface area is 217 Å². The summed E-state index contributed by atoms with van der Waals surface area (Å²) in [7, 11) is -0.663. The van der Waals surface area contributed by atoms with Crippen LogP contribution in [0.5, 0.6) is 5.75 Å². The summed E-state index contributed by atoms with van der Waals surface area (Å²) >= 11 is 0. The Bertz CT molecular complexity index is 1400. The van der Waals surface area contributed by atoms with Crippen LogP contribution < -0.4 is 21.0 Å². The van der Waals surface area contributed by atoms with Crippen LogP contribution in [0.3, 0.4) is 0 Å². The highest BCUT2D eigenvalue weighted by Gasteiger charge is 2.32. The fourth-order valence-electron chi connectivity index (χ4n) is 4.77. The molecule has 0 heterocycles. The number of nitrogens with two attached hydrogens (primary N) is 2.